The third-order valence-electron chi connectivity index (χ3n) is 2.74. The summed E-state index contributed by atoms with van der Waals surface area (Å²) < 4.78 is 12.8. The van der Waals surface area contributed by atoms with Gasteiger partial charge in [-0.1, -0.05) is 12.1 Å². The maximum Gasteiger partial charge on any atom is 0.326 e. The molecule has 0 radical (unpaired) electrons. The Bertz CT molecular complexity index is 464. The average Bonchev–Trinajstić information content (AvgIpc) is 2.38. The molecule has 0 aliphatic heterocycles. The minimum atomic E-state index is -1.22. The van der Waals surface area contributed by atoms with Crippen LogP contribution in [0.15, 0.2) is 24.3 Å². The molecule has 0 aliphatic rings. The van der Waals surface area contributed by atoms with Crippen molar-refractivity contribution in [2.24, 2.45) is 0 Å². The van der Waals surface area contributed by atoms with Gasteiger partial charge in [-0.05, 0) is 24.6 Å². The van der Waals surface area contributed by atoms with E-state index >= 15 is 0 Å². The van der Waals surface area contributed by atoms with Crippen LogP contribution in [0.25, 0.3) is 0 Å². The Kier molecular flexibility index (Phi) is 5.92. The van der Waals surface area contributed by atoms with Gasteiger partial charge in [0.15, 0.2) is 0 Å². The van der Waals surface area contributed by atoms with Gasteiger partial charge in [0.05, 0.1) is 6.04 Å². The Balaban J connectivity index is 2.56. The molecule has 0 spiro atoms. The lowest BCUT2D eigenvalue weighted by Crippen LogP contribution is -2.47. The van der Waals surface area contributed by atoms with E-state index in [4.69, 9.17) is 10.2 Å². The summed E-state index contributed by atoms with van der Waals surface area (Å²) in [6.45, 7) is 1.35. The minimum Gasteiger partial charge on any atom is -0.480 e. The second kappa shape index (κ2) is 7.44. The molecule has 0 fully saturated rings. The van der Waals surface area contributed by atoms with Crippen molar-refractivity contribution in [2.75, 3.05) is 6.61 Å². The van der Waals surface area contributed by atoms with E-state index in [9.17, 15) is 14.0 Å². The van der Waals surface area contributed by atoms with Crippen LogP contribution in [-0.2, 0) is 4.79 Å². The molecule has 6 nitrogen and oxygen atoms in total. The number of nitrogens with one attached hydrogen (secondary N) is 2. The number of carbonyl (C=O) groups excluding carboxylic acids is 1. The van der Waals surface area contributed by atoms with Crippen molar-refractivity contribution < 1.29 is 24.2 Å². The third kappa shape index (κ3) is 4.85. The molecule has 7 heteroatoms. The first kappa shape index (κ1) is 15.9. The number of carboxylic acids is 1. The fourth-order valence-corrected chi connectivity index (χ4v) is 1.62. The average molecular weight is 284 g/mol. The normalized spacial score (nSPS) is 13.3. The highest BCUT2D eigenvalue weighted by Crippen LogP contribution is 2.12. The van der Waals surface area contributed by atoms with Gasteiger partial charge in [0.1, 0.15) is 11.9 Å². The lowest BCUT2D eigenvalue weighted by Gasteiger charge is -2.18. The first-order valence-corrected chi connectivity index (χ1v) is 6.10. The molecule has 2 amide bonds. The first-order chi connectivity index (χ1) is 9.43. The van der Waals surface area contributed by atoms with Gasteiger partial charge in [0.25, 0.3) is 0 Å². The maximum atomic E-state index is 12.8. The molecule has 0 saturated heterocycles. The monoisotopic (exact) mass is 284 g/mol. The Morgan fingerprint density at radius 2 is 1.85 bits per heavy atom. The number of aliphatic carboxylic acids is 1. The van der Waals surface area contributed by atoms with E-state index in [1.54, 1.807) is 6.92 Å². The van der Waals surface area contributed by atoms with Gasteiger partial charge < -0.3 is 20.8 Å². The third-order valence-corrected chi connectivity index (χ3v) is 2.74. The summed E-state index contributed by atoms with van der Waals surface area (Å²) in [5.41, 5.74) is 0.690. The van der Waals surface area contributed by atoms with Gasteiger partial charge >= 0.3 is 12.0 Å². The SMILES string of the molecule is CC(NC(=O)NC(CCO)C(=O)O)c1ccc(F)cc1. The van der Waals surface area contributed by atoms with Crippen LogP contribution in [0.3, 0.4) is 0 Å². The number of hydrogen-bond acceptors (Lipinski definition) is 3. The zero-order valence-electron chi connectivity index (χ0n) is 11.0. The molecule has 110 valence electrons. The van der Waals surface area contributed by atoms with E-state index in [1.165, 1.54) is 24.3 Å². The van der Waals surface area contributed by atoms with Crippen LogP contribution in [0.5, 0.6) is 0 Å². The summed E-state index contributed by atoms with van der Waals surface area (Å²) in [6, 6.07) is 3.39. The molecule has 20 heavy (non-hydrogen) atoms. The highest BCUT2D eigenvalue weighted by molar-refractivity contribution is 5.82. The second-order valence-electron chi connectivity index (χ2n) is 4.29. The quantitative estimate of drug-likeness (QED) is 0.627. The molecule has 0 aromatic heterocycles. The summed E-state index contributed by atoms with van der Waals surface area (Å²) in [4.78, 5) is 22.5. The predicted molar refractivity (Wildman–Crippen MR) is 69.6 cm³/mol. The summed E-state index contributed by atoms with van der Waals surface area (Å²) in [6.07, 6.45) is -0.0757. The zero-order valence-corrected chi connectivity index (χ0v) is 11.0. The molecule has 0 bridgehead atoms. The van der Waals surface area contributed by atoms with Crippen LogP contribution in [0.1, 0.15) is 24.9 Å². The van der Waals surface area contributed by atoms with Gasteiger partial charge in [-0.25, -0.2) is 14.0 Å². The number of halogens is 1. The zero-order chi connectivity index (χ0) is 15.1. The van der Waals surface area contributed by atoms with E-state index in [1.807, 2.05) is 0 Å². The Morgan fingerprint density at radius 1 is 1.25 bits per heavy atom. The van der Waals surface area contributed by atoms with Crippen molar-refractivity contribution in [1.82, 2.24) is 10.6 Å². The van der Waals surface area contributed by atoms with Gasteiger partial charge in [-0.15, -0.1) is 0 Å². The van der Waals surface area contributed by atoms with Crippen molar-refractivity contribution in [3.05, 3.63) is 35.6 Å². The standard InChI is InChI=1S/C13H17FN2O4/c1-8(9-2-4-10(14)5-3-9)15-13(20)16-11(6-7-17)12(18)19/h2-5,8,11,17H,6-7H2,1H3,(H,18,19)(H2,15,16,20). The van der Waals surface area contributed by atoms with Gasteiger partial charge in [-0.3, -0.25) is 0 Å². The summed E-state index contributed by atoms with van der Waals surface area (Å²) >= 11 is 0. The summed E-state index contributed by atoms with van der Waals surface area (Å²) in [7, 11) is 0. The molecular weight excluding hydrogens is 267 g/mol. The van der Waals surface area contributed by atoms with Crippen molar-refractivity contribution in [3.63, 3.8) is 0 Å². The van der Waals surface area contributed by atoms with Crippen LogP contribution < -0.4 is 10.6 Å². The molecular formula is C13H17FN2O4. The fourth-order valence-electron chi connectivity index (χ4n) is 1.62. The molecule has 1 aromatic carbocycles. The van der Waals surface area contributed by atoms with Crippen LogP contribution in [0.4, 0.5) is 9.18 Å². The Labute approximate surface area is 115 Å². The minimum absolute atomic E-state index is 0.0757. The summed E-state index contributed by atoms with van der Waals surface area (Å²) in [5.74, 6) is -1.59. The van der Waals surface area contributed by atoms with Gasteiger partial charge in [-0.2, -0.15) is 0 Å². The van der Waals surface area contributed by atoms with E-state index < -0.39 is 24.1 Å². The van der Waals surface area contributed by atoms with Crippen molar-refractivity contribution in [1.29, 1.82) is 0 Å². The number of urea groups is 1. The van der Waals surface area contributed by atoms with Crippen molar-refractivity contribution in [3.8, 4) is 0 Å². The molecule has 2 unspecified atom stereocenters. The molecule has 0 heterocycles. The van der Waals surface area contributed by atoms with Crippen LogP contribution in [-0.4, -0.2) is 34.9 Å². The number of aliphatic hydroxyl groups excluding tert-OH is 1. The van der Waals surface area contributed by atoms with Crippen molar-refractivity contribution >= 4 is 12.0 Å². The lowest BCUT2D eigenvalue weighted by molar-refractivity contribution is -0.139. The predicted octanol–water partition coefficient (Wildman–Crippen LogP) is 1.02. The topological polar surface area (TPSA) is 98.7 Å². The highest BCUT2D eigenvalue weighted by Gasteiger charge is 2.20. The molecule has 2 atom stereocenters. The number of rotatable bonds is 6. The Morgan fingerprint density at radius 3 is 2.35 bits per heavy atom. The first-order valence-electron chi connectivity index (χ1n) is 6.10. The van der Waals surface area contributed by atoms with E-state index in [2.05, 4.69) is 10.6 Å². The molecule has 4 N–H and O–H groups in total. The number of carboxylic acid groups (broad SMARTS) is 1. The number of aliphatic hydroxyl groups is 1. The number of carbonyl (C=O) groups is 2. The van der Waals surface area contributed by atoms with E-state index in [-0.39, 0.29) is 18.8 Å². The molecule has 0 saturated carbocycles. The number of amides is 2. The van der Waals surface area contributed by atoms with Crippen LogP contribution in [0.2, 0.25) is 0 Å². The number of hydrogen-bond donors (Lipinski definition) is 4. The fraction of sp³-hybridized carbons (Fsp3) is 0.385. The highest BCUT2D eigenvalue weighted by atomic mass is 19.1. The summed E-state index contributed by atoms with van der Waals surface area (Å²) in [5, 5.41) is 22.3. The largest absolute Gasteiger partial charge is 0.480 e. The van der Waals surface area contributed by atoms with E-state index in [0.29, 0.717) is 5.56 Å². The lowest BCUT2D eigenvalue weighted by atomic mass is 10.1. The smallest absolute Gasteiger partial charge is 0.326 e. The van der Waals surface area contributed by atoms with Crippen LogP contribution >= 0.6 is 0 Å². The molecule has 1 rings (SSSR count). The second-order valence-corrected chi connectivity index (χ2v) is 4.29. The number of benzene rings is 1. The molecule has 1 aromatic rings. The van der Waals surface area contributed by atoms with Gasteiger partial charge in [0, 0.05) is 13.0 Å². The maximum absolute atomic E-state index is 12.8. The molecule has 0 aliphatic carbocycles. The van der Waals surface area contributed by atoms with Crippen molar-refractivity contribution in [2.45, 2.75) is 25.4 Å². The van der Waals surface area contributed by atoms with E-state index in [0.717, 1.165) is 0 Å². The van der Waals surface area contributed by atoms with Gasteiger partial charge in [0.2, 0.25) is 0 Å². The Hall–Kier alpha value is -2.15. The van der Waals surface area contributed by atoms with Crippen LogP contribution in [0, 0.1) is 5.82 Å².